The normalized spacial score (nSPS) is 15.7. The zero-order valence-electron chi connectivity index (χ0n) is 17.5. The molecule has 1 aliphatic heterocycles. The average molecular weight is 412 g/mol. The minimum atomic E-state index is -4.39. The summed E-state index contributed by atoms with van der Waals surface area (Å²) in [5, 5.41) is 0. The summed E-state index contributed by atoms with van der Waals surface area (Å²) < 4.78 is 41.3. The Balaban J connectivity index is 1.81. The van der Waals surface area contributed by atoms with Crippen molar-refractivity contribution in [3.63, 3.8) is 0 Å². The van der Waals surface area contributed by atoms with Crippen LogP contribution in [0.4, 0.5) is 13.2 Å². The third-order valence-electron chi connectivity index (χ3n) is 5.69. The number of hydrogen-bond acceptors (Lipinski definition) is 2. The number of likely N-dealkylation sites (N-methyl/N-ethyl adjacent to an activating group) is 1. The number of rotatable bonds is 5. The van der Waals surface area contributed by atoms with E-state index in [4.69, 9.17) is 6.42 Å². The molecule has 2 aromatic rings. The van der Waals surface area contributed by atoms with Crippen LogP contribution >= 0.6 is 0 Å². The van der Waals surface area contributed by atoms with Gasteiger partial charge in [-0.15, -0.1) is 6.42 Å². The van der Waals surface area contributed by atoms with Crippen molar-refractivity contribution >= 4 is 5.57 Å². The molecule has 0 radical (unpaired) electrons. The zero-order valence-corrected chi connectivity index (χ0v) is 17.5. The summed E-state index contributed by atoms with van der Waals surface area (Å²) in [7, 11) is 2.03. The van der Waals surface area contributed by atoms with Gasteiger partial charge in [0.05, 0.1) is 5.56 Å². The molecular weight excluding hydrogens is 385 g/mol. The fourth-order valence-electron chi connectivity index (χ4n) is 3.73. The van der Waals surface area contributed by atoms with E-state index >= 15 is 0 Å². The van der Waals surface area contributed by atoms with E-state index in [1.807, 2.05) is 32.2 Å². The van der Waals surface area contributed by atoms with Gasteiger partial charge in [-0.1, -0.05) is 36.8 Å². The van der Waals surface area contributed by atoms with Gasteiger partial charge in [-0.25, -0.2) is 0 Å². The van der Waals surface area contributed by atoms with Crippen molar-refractivity contribution in [1.29, 1.82) is 0 Å². The van der Waals surface area contributed by atoms with E-state index in [-0.39, 0.29) is 0 Å². The summed E-state index contributed by atoms with van der Waals surface area (Å²) >= 11 is 0. The predicted octanol–water partition coefficient (Wildman–Crippen LogP) is 5.00. The van der Waals surface area contributed by atoms with E-state index in [2.05, 4.69) is 22.3 Å². The molecule has 1 heterocycles. The van der Waals surface area contributed by atoms with E-state index in [1.54, 1.807) is 12.1 Å². The SMILES string of the molecule is C#Cc1cc(C(=C)Cc2ccc(CN3CCN(C)CC3)c(C(F)(F)F)c2)ccc1C. The lowest BCUT2D eigenvalue weighted by Crippen LogP contribution is -2.44. The Morgan fingerprint density at radius 2 is 1.80 bits per heavy atom. The molecule has 0 unspecified atom stereocenters. The van der Waals surface area contributed by atoms with Crippen molar-refractivity contribution in [1.82, 2.24) is 9.80 Å². The van der Waals surface area contributed by atoms with Crippen molar-refractivity contribution in [2.24, 2.45) is 0 Å². The lowest BCUT2D eigenvalue weighted by atomic mass is 9.94. The molecule has 1 aliphatic rings. The van der Waals surface area contributed by atoms with Crippen LogP contribution in [0.2, 0.25) is 0 Å². The van der Waals surface area contributed by atoms with E-state index < -0.39 is 11.7 Å². The van der Waals surface area contributed by atoms with Gasteiger partial charge in [0.25, 0.3) is 0 Å². The number of hydrogen-bond donors (Lipinski definition) is 0. The molecule has 1 fully saturated rings. The molecule has 0 amide bonds. The smallest absolute Gasteiger partial charge is 0.304 e. The van der Waals surface area contributed by atoms with E-state index in [1.165, 1.54) is 6.07 Å². The van der Waals surface area contributed by atoms with Gasteiger partial charge in [-0.3, -0.25) is 4.90 Å². The molecule has 5 heteroatoms. The van der Waals surface area contributed by atoms with E-state index in [0.717, 1.165) is 48.4 Å². The van der Waals surface area contributed by atoms with Crippen molar-refractivity contribution in [2.75, 3.05) is 33.2 Å². The highest BCUT2D eigenvalue weighted by atomic mass is 19.4. The summed E-state index contributed by atoms with van der Waals surface area (Å²) in [5.41, 5.74) is 3.72. The van der Waals surface area contributed by atoms with Crippen LogP contribution in [0.25, 0.3) is 5.57 Å². The molecule has 0 spiro atoms. The summed E-state index contributed by atoms with van der Waals surface area (Å²) in [5.74, 6) is 2.63. The quantitative estimate of drug-likeness (QED) is 0.638. The number of benzene rings is 2. The fourth-order valence-corrected chi connectivity index (χ4v) is 3.73. The lowest BCUT2D eigenvalue weighted by Gasteiger charge is -2.33. The third-order valence-corrected chi connectivity index (χ3v) is 5.69. The Kier molecular flexibility index (Phi) is 6.70. The van der Waals surface area contributed by atoms with Crippen LogP contribution < -0.4 is 0 Å². The van der Waals surface area contributed by atoms with Crippen LogP contribution in [0.1, 0.15) is 33.4 Å². The van der Waals surface area contributed by atoms with Gasteiger partial charge in [0.15, 0.2) is 0 Å². The van der Waals surface area contributed by atoms with Gasteiger partial charge in [0, 0.05) is 38.3 Å². The number of alkyl halides is 3. The highest BCUT2D eigenvalue weighted by Gasteiger charge is 2.34. The van der Waals surface area contributed by atoms with Gasteiger partial charge in [-0.2, -0.15) is 13.2 Å². The first kappa shape index (κ1) is 22.1. The summed E-state index contributed by atoms with van der Waals surface area (Å²) in [6.07, 6.45) is 1.48. The summed E-state index contributed by atoms with van der Waals surface area (Å²) in [6.45, 7) is 9.61. The number of piperazine rings is 1. The molecule has 3 rings (SSSR count). The highest BCUT2D eigenvalue weighted by molar-refractivity contribution is 5.67. The number of allylic oxidation sites excluding steroid dienone is 1. The van der Waals surface area contributed by atoms with Crippen LogP contribution in [0.15, 0.2) is 43.0 Å². The molecule has 0 aliphatic carbocycles. The Hall–Kier alpha value is -2.55. The van der Waals surface area contributed by atoms with Crippen LogP contribution in [0, 0.1) is 19.3 Å². The second-order valence-corrected chi connectivity index (χ2v) is 8.02. The summed E-state index contributed by atoms with van der Waals surface area (Å²) in [4.78, 5) is 4.27. The monoisotopic (exact) mass is 412 g/mol. The van der Waals surface area contributed by atoms with Gasteiger partial charge >= 0.3 is 6.18 Å². The maximum atomic E-state index is 13.8. The first-order valence-electron chi connectivity index (χ1n) is 10.0. The van der Waals surface area contributed by atoms with Crippen LogP contribution in [-0.4, -0.2) is 43.0 Å². The van der Waals surface area contributed by atoms with Crippen molar-refractivity contribution in [3.05, 3.63) is 76.4 Å². The number of terminal acetylenes is 1. The Morgan fingerprint density at radius 1 is 1.10 bits per heavy atom. The molecule has 0 aromatic heterocycles. The Morgan fingerprint density at radius 3 is 2.43 bits per heavy atom. The molecule has 158 valence electrons. The van der Waals surface area contributed by atoms with Crippen LogP contribution in [0.5, 0.6) is 0 Å². The van der Waals surface area contributed by atoms with E-state index in [9.17, 15) is 13.2 Å². The number of halogens is 3. The van der Waals surface area contributed by atoms with Gasteiger partial charge in [0.2, 0.25) is 0 Å². The summed E-state index contributed by atoms with van der Waals surface area (Å²) in [6, 6.07) is 10.4. The zero-order chi connectivity index (χ0) is 21.9. The van der Waals surface area contributed by atoms with Gasteiger partial charge in [-0.05, 0) is 60.4 Å². The van der Waals surface area contributed by atoms with Gasteiger partial charge < -0.3 is 4.90 Å². The minimum absolute atomic E-state index is 0.313. The molecule has 0 bridgehead atoms. The second-order valence-electron chi connectivity index (χ2n) is 8.02. The Bertz CT molecular complexity index is 961. The third kappa shape index (κ3) is 5.33. The molecule has 2 aromatic carbocycles. The molecule has 2 nitrogen and oxygen atoms in total. The fraction of sp³-hybridized carbons (Fsp3) is 0.360. The molecule has 1 saturated heterocycles. The Labute approximate surface area is 177 Å². The minimum Gasteiger partial charge on any atom is -0.304 e. The largest absolute Gasteiger partial charge is 0.416 e. The molecule has 0 saturated carbocycles. The predicted molar refractivity (Wildman–Crippen MR) is 116 cm³/mol. The van der Waals surface area contributed by atoms with Gasteiger partial charge in [0.1, 0.15) is 0 Å². The lowest BCUT2D eigenvalue weighted by molar-refractivity contribution is -0.138. The first-order chi connectivity index (χ1) is 14.2. The molecular formula is C25H27F3N2. The van der Waals surface area contributed by atoms with Crippen LogP contribution in [0.3, 0.4) is 0 Å². The molecule has 0 atom stereocenters. The first-order valence-corrected chi connectivity index (χ1v) is 10.0. The maximum absolute atomic E-state index is 13.8. The number of nitrogens with zero attached hydrogens (tertiary/aromatic N) is 2. The highest BCUT2D eigenvalue weighted by Crippen LogP contribution is 2.34. The standard InChI is InChI=1S/C25H27F3N2/c1-5-21-16-22(8-6-18(21)2)19(3)14-20-7-9-23(24(15-20)25(26,27)28)17-30-12-10-29(4)11-13-30/h1,6-9,15-16H,3,10-14,17H2,2,4H3. The molecule has 0 N–H and O–H groups in total. The molecule has 30 heavy (non-hydrogen) atoms. The van der Waals surface area contributed by atoms with Crippen molar-refractivity contribution in [2.45, 2.75) is 26.1 Å². The topological polar surface area (TPSA) is 6.48 Å². The van der Waals surface area contributed by atoms with Crippen molar-refractivity contribution in [3.8, 4) is 12.3 Å². The van der Waals surface area contributed by atoms with E-state index in [0.29, 0.717) is 24.1 Å². The average Bonchev–Trinajstić information content (AvgIpc) is 2.70. The van der Waals surface area contributed by atoms with Crippen LogP contribution in [-0.2, 0) is 19.1 Å². The van der Waals surface area contributed by atoms with Crippen molar-refractivity contribution < 1.29 is 13.2 Å². The number of aryl methyl sites for hydroxylation is 1. The maximum Gasteiger partial charge on any atom is 0.416 e. The second kappa shape index (κ2) is 9.07.